The predicted molar refractivity (Wildman–Crippen MR) is 111 cm³/mol. The number of esters is 1. The Hall–Kier alpha value is -1.99. The predicted octanol–water partition coefficient (Wildman–Crippen LogP) is 4.48. The highest BCUT2D eigenvalue weighted by molar-refractivity contribution is 8.10. The lowest BCUT2D eigenvalue weighted by molar-refractivity contribution is -0.142. The Morgan fingerprint density at radius 3 is 2.86 bits per heavy atom. The molecule has 0 bridgehead atoms. The molecular weight excluding hydrogens is 398 g/mol. The van der Waals surface area contributed by atoms with Crippen molar-refractivity contribution in [2.75, 3.05) is 18.6 Å². The maximum atomic E-state index is 12.0. The number of carbonyl (C=O) groups is 1. The van der Waals surface area contributed by atoms with Crippen LogP contribution in [0.3, 0.4) is 0 Å². The molecule has 1 unspecified atom stereocenters. The zero-order valence-corrected chi connectivity index (χ0v) is 17.4. The van der Waals surface area contributed by atoms with Crippen LogP contribution in [0.2, 0.25) is 0 Å². The Bertz CT molecular complexity index is 893. The van der Waals surface area contributed by atoms with Gasteiger partial charge in [0.05, 0.1) is 29.0 Å². The number of carbonyl (C=O) groups excluding carboxylic acids is 1. The molecule has 3 heterocycles. The topological polar surface area (TPSA) is 68.5 Å². The maximum absolute atomic E-state index is 12.0. The third-order valence-electron chi connectivity index (χ3n) is 4.73. The number of thioether (sulfide) groups is 1. The Kier molecular flexibility index (Phi) is 5.64. The fourth-order valence-corrected chi connectivity index (χ4v) is 4.39. The molecule has 2 aromatic rings. The van der Waals surface area contributed by atoms with Gasteiger partial charge in [0, 0.05) is 24.2 Å². The van der Waals surface area contributed by atoms with Crippen LogP contribution >= 0.6 is 23.4 Å². The Balaban J connectivity index is 1.61. The molecule has 2 aliphatic rings. The van der Waals surface area contributed by atoms with E-state index in [1.165, 1.54) is 24.6 Å². The largest absolute Gasteiger partial charge is 0.466 e. The summed E-state index contributed by atoms with van der Waals surface area (Å²) in [6, 6.07) is 4.52. The van der Waals surface area contributed by atoms with Crippen molar-refractivity contribution in [1.29, 1.82) is 0 Å². The van der Waals surface area contributed by atoms with Crippen LogP contribution in [0.4, 0.5) is 5.82 Å². The second-order valence-electron chi connectivity index (χ2n) is 6.86. The van der Waals surface area contributed by atoms with E-state index in [1.807, 2.05) is 18.2 Å². The Morgan fingerprint density at radius 1 is 1.43 bits per heavy atom. The highest BCUT2D eigenvalue weighted by Crippen LogP contribution is 2.43. The lowest BCUT2D eigenvalue weighted by Crippen LogP contribution is -2.20. The van der Waals surface area contributed by atoms with E-state index in [9.17, 15) is 4.79 Å². The SMILES string of the molecule is CCOC(=O)Cc1nc(-c2ccc(N(C)C3CC3)nc2)oc1C1=CCC(Cl)S1. The van der Waals surface area contributed by atoms with Crippen molar-refractivity contribution < 1.29 is 13.9 Å². The van der Waals surface area contributed by atoms with Crippen LogP contribution in [0.25, 0.3) is 16.4 Å². The summed E-state index contributed by atoms with van der Waals surface area (Å²) in [5, 5.41) is 0. The van der Waals surface area contributed by atoms with Crippen LogP contribution in [-0.2, 0) is 16.0 Å². The van der Waals surface area contributed by atoms with E-state index in [2.05, 4.69) is 21.9 Å². The summed E-state index contributed by atoms with van der Waals surface area (Å²) in [7, 11) is 2.06. The second kappa shape index (κ2) is 8.17. The summed E-state index contributed by atoms with van der Waals surface area (Å²) in [6.07, 6.45) is 7.03. The first-order valence-electron chi connectivity index (χ1n) is 9.41. The molecule has 0 saturated heterocycles. The minimum Gasteiger partial charge on any atom is -0.466 e. The smallest absolute Gasteiger partial charge is 0.312 e. The molecule has 0 radical (unpaired) electrons. The molecule has 1 atom stereocenters. The Morgan fingerprint density at radius 2 is 2.25 bits per heavy atom. The molecule has 148 valence electrons. The van der Waals surface area contributed by atoms with Crippen molar-refractivity contribution in [1.82, 2.24) is 9.97 Å². The van der Waals surface area contributed by atoms with E-state index in [1.54, 1.807) is 13.1 Å². The summed E-state index contributed by atoms with van der Waals surface area (Å²) in [5.74, 6) is 1.65. The average molecular weight is 420 g/mol. The zero-order valence-electron chi connectivity index (χ0n) is 15.9. The lowest BCUT2D eigenvalue weighted by atomic mass is 10.2. The maximum Gasteiger partial charge on any atom is 0.312 e. The van der Waals surface area contributed by atoms with Crippen molar-refractivity contribution in [3.63, 3.8) is 0 Å². The van der Waals surface area contributed by atoms with Crippen molar-refractivity contribution in [3.05, 3.63) is 35.9 Å². The van der Waals surface area contributed by atoms with Gasteiger partial charge in [0.2, 0.25) is 5.89 Å². The number of anilines is 1. The van der Waals surface area contributed by atoms with E-state index in [-0.39, 0.29) is 17.1 Å². The van der Waals surface area contributed by atoms with E-state index in [0.717, 1.165) is 22.7 Å². The summed E-state index contributed by atoms with van der Waals surface area (Å²) in [5.41, 5.74) is 1.34. The number of pyridine rings is 1. The standard InChI is InChI=1S/C20H22ClN3O3S/c1-3-26-18(25)10-14-19(15-7-8-16(21)28-15)27-20(23-14)12-4-9-17(22-11-12)24(2)13-5-6-13/h4,7,9,11,13,16H,3,5-6,8,10H2,1-2H3. The van der Waals surface area contributed by atoms with Crippen LogP contribution in [0.15, 0.2) is 28.8 Å². The minimum atomic E-state index is -0.325. The number of ether oxygens (including phenoxy) is 1. The highest BCUT2D eigenvalue weighted by atomic mass is 35.5. The number of allylic oxidation sites excluding steroid dienone is 1. The number of hydrogen-bond donors (Lipinski definition) is 0. The normalized spacial score (nSPS) is 18.8. The first-order valence-corrected chi connectivity index (χ1v) is 10.7. The monoisotopic (exact) mass is 419 g/mol. The van der Waals surface area contributed by atoms with Gasteiger partial charge in [-0.2, -0.15) is 0 Å². The van der Waals surface area contributed by atoms with Crippen LogP contribution in [0.1, 0.15) is 37.6 Å². The first kappa shape index (κ1) is 19.3. The van der Waals surface area contributed by atoms with Gasteiger partial charge in [-0.3, -0.25) is 4.79 Å². The minimum absolute atomic E-state index is 0.0297. The molecule has 0 N–H and O–H groups in total. The molecule has 4 rings (SSSR count). The van der Waals surface area contributed by atoms with Gasteiger partial charge in [0.15, 0.2) is 5.76 Å². The quantitative estimate of drug-likeness (QED) is 0.484. The van der Waals surface area contributed by atoms with Gasteiger partial charge in [-0.25, -0.2) is 9.97 Å². The second-order valence-corrected chi connectivity index (χ2v) is 8.89. The molecule has 0 spiro atoms. The van der Waals surface area contributed by atoms with E-state index < -0.39 is 0 Å². The van der Waals surface area contributed by atoms with E-state index >= 15 is 0 Å². The fraction of sp³-hybridized carbons (Fsp3) is 0.450. The van der Waals surface area contributed by atoms with Crippen LogP contribution in [-0.4, -0.2) is 40.3 Å². The van der Waals surface area contributed by atoms with Gasteiger partial charge in [0.1, 0.15) is 5.82 Å². The summed E-state index contributed by atoms with van der Waals surface area (Å²) in [4.78, 5) is 24.2. The lowest BCUT2D eigenvalue weighted by Gasteiger charge is -2.16. The van der Waals surface area contributed by atoms with Gasteiger partial charge >= 0.3 is 5.97 Å². The molecule has 1 fully saturated rings. The third kappa shape index (κ3) is 4.20. The van der Waals surface area contributed by atoms with Crippen LogP contribution in [0.5, 0.6) is 0 Å². The van der Waals surface area contributed by atoms with Crippen LogP contribution < -0.4 is 4.90 Å². The van der Waals surface area contributed by atoms with Gasteiger partial charge in [-0.1, -0.05) is 6.08 Å². The Labute approximate surface area is 173 Å². The van der Waals surface area contributed by atoms with Crippen molar-refractivity contribution in [3.8, 4) is 11.5 Å². The molecule has 1 saturated carbocycles. The number of hydrogen-bond acceptors (Lipinski definition) is 7. The highest BCUT2D eigenvalue weighted by Gasteiger charge is 2.28. The fourth-order valence-electron chi connectivity index (χ4n) is 3.09. The van der Waals surface area contributed by atoms with E-state index in [4.69, 9.17) is 20.8 Å². The molecule has 8 heteroatoms. The molecule has 0 aromatic carbocycles. The van der Waals surface area contributed by atoms with Crippen molar-refractivity contribution in [2.45, 2.75) is 43.4 Å². The molecule has 1 aliphatic heterocycles. The number of rotatable bonds is 7. The molecule has 28 heavy (non-hydrogen) atoms. The van der Waals surface area contributed by atoms with Gasteiger partial charge in [-0.05, 0) is 38.3 Å². The zero-order chi connectivity index (χ0) is 19.7. The van der Waals surface area contributed by atoms with Gasteiger partial charge in [-0.15, -0.1) is 23.4 Å². The molecule has 1 aliphatic carbocycles. The molecule has 0 amide bonds. The molecule has 6 nitrogen and oxygen atoms in total. The van der Waals surface area contributed by atoms with Gasteiger partial charge < -0.3 is 14.1 Å². The molecular formula is C20H22ClN3O3S. The summed E-state index contributed by atoms with van der Waals surface area (Å²) < 4.78 is 11.1. The van der Waals surface area contributed by atoms with Crippen molar-refractivity contribution in [2.24, 2.45) is 0 Å². The number of alkyl halides is 1. The summed E-state index contributed by atoms with van der Waals surface area (Å²) in [6.45, 7) is 2.12. The first-order chi connectivity index (χ1) is 13.5. The van der Waals surface area contributed by atoms with E-state index in [0.29, 0.717) is 30.0 Å². The number of nitrogens with zero attached hydrogens (tertiary/aromatic N) is 3. The number of halogens is 1. The summed E-state index contributed by atoms with van der Waals surface area (Å²) >= 11 is 7.73. The third-order valence-corrected chi connectivity index (χ3v) is 6.23. The van der Waals surface area contributed by atoms with Gasteiger partial charge in [0.25, 0.3) is 0 Å². The molecule has 2 aromatic heterocycles. The van der Waals surface area contributed by atoms with Crippen molar-refractivity contribution >= 4 is 40.1 Å². The van der Waals surface area contributed by atoms with Crippen LogP contribution in [0, 0.1) is 0 Å². The number of aromatic nitrogens is 2. The average Bonchev–Trinajstić information content (AvgIpc) is 3.32. The number of oxazole rings is 1.